The van der Waals surface area contributed by atoms with Crippen molar-refractivity contribution < 1.29 is 13.2 Å². The first-order valence-corrected chi connectivity index (χ1v) is 6.69. The molecule has 1 saturated carbocycles. The molecular weight excluding hydrogens is 241 g/mol. The number of alkyl halides is 3. The second kappa shape index (κ2) is 5.78. The summed E-state index contributed by atoms with van der Waals surface area (Å²) in [5.41, 5.74) is 5.62. The van der Waals surface area contributed by atoms with Crippen molar-refractivity contribution in [1.82, 2.24) is 4.90 Å². The molecule has 0 amide bonds. The summed E-state index contributed by atoms with van der Waals surface area (Å²) in [6.45, 7) is 5.55. The molecule has 0 saturated heterocycles. The molecule has 0 radical (unpaired) electrons. The molecule has 0 aromatic heterocycles. The number of nitrogens with two attached hydrogens (primary N) is 1. The van der Waals surface area contributed by atoms with Crippen LogP contribution in [0.4, 0.5) is 13.2 Å². The van der Waals surface area contributed by atoms with E-state index < -0.39 is 12.1 Å². The number of hydrogen-bond donors (Lipinski definition) is 1. The molecule has 2 nitrogen and oxygen atoms in total. The van der Waals surface area contributed by atoms with Gasteiger partial charge in [-0.25, -0.2) is 0 Å². The van der Waals surface area contributed by atoms with Crippen LogP contribution in [0.5, 0.6) is 0 Å². The maximum absolute atomic E-state index is 12.7. The summed E-state index contributed by atoms with van der Waals surface area (Å²) in [4.78, 5) is 2.17. The number of likely N-dealkylation sites (N-methyl/N-ethyl adjacent to an activating group) is 1. The van der Waals surface area contributed by atoms with Crippen LogP contribution in [-0.4, -0.2) is 36.8 Å². The standard InChI is InChI=1S/C13H25F3N2/c1-10(2)8-18(3)12(9-17)6-4-11(5-7-12)13(14,15)16/h10-11H,4-9,17H2,1-3H3. The maximum Gasteiger partial charge on any atom is 0.391 e. The van der Waals surface area contributed by atoms with Crippen LogP contribution in [-0.2, 0) is 0 Å². The van der Waals surface area contributed by atoms with Crippen LogP contribution >= 0.6 is 0 Å². The van der Waals surface area contributed by atoms with E-state index in [9.17, 15) is 13.2 Å². The Kier molecular flexibility index (Phi) is 5.06. The van der Waals surface area contributed by atoms with Crippen LogP contribution in [0.2, 0.25) is 0 Å². The van der Waals surface area contributed by atoms with Crippen molar-refractivity contribution in [2.75, 3.05) is 20.1 Å². The Labute approximate surface area is 108 Å². The smallest absolute Gasteiger partial charge is 0.329 e. The van der Waals surface area contributed by atoms with E-state index in [0.717, 1.165) is 6.54 Å². The second-order valence-electron chi connectivity index (χ2n) is 6.02. The van der Waals surface area contributed by atoms with E-state index in [0.29, 0.717) is 25.3 Å². The fourth-order valence-corrected chi connectivity index (χ4v) is 2.97. The third kappa shape index (κ3) is 3.60. The number of hydrogen-bond acceptors (Lipinski definition) is 2. The van der Waals surface area contributed by atoms with Gasteiger partial charge >= 0.3 is 6.18 Å². The minimum atomic E-state index is -4.04. The van der Waals surface area contributed by atoms with Gasteiger partial charge in [-0.2, -0.15) is 13.2 Å². The van der Waals surface area contributed by atoms with Crippen LogP contribution in [0.3, 0.4) is 0 Å². The highest BCUT2D eigenvalue weighted by atomic mass is 19.4. The summed E-state index contributed by atoms with van der Waals surface area (Å²) in [6, 6.07) is 0. The van der Waals surface area contributed by atoms with E-state index >= 15 is 0 Å². The van der Waals surface area contributed by atoms with E-state index in [-0.39, 0.29) is 18.4 Å². The third-order valence-electron chi connectivity index (χ3n) is 4.21. The summed E-state index contributed by atoms with van der Waals surface area (Å²) in [5, 5.41) is 0. The van der Waals surface area contributed by atoms with Gasteiger partial charge in [0.2, 0.25) is 0 Å². The van der Waals surface area contributed by atoms with E-state index in [2.05, 4.69) is 18.7 Å². The lowest BCUT2D eigenvalue weighted by atomic mass is 9.75. The monoisotopic (exact) mass is 266 g/mol. The molecule has 0 aromatic rings. The second-order valence-corrected chi connectivity index (χ2v) is 6.02. The Bertz CT molecular complexity index is 255. The molecule has 1 fully saturated rings. The average molecular weight is 266 g/mol. The lowest BCUT2D eigenvalue weighted by Crippen LogP contribution is -2.55. The van der Waals surface area contributed by atoms with Gasteiger partial charge < -0.3 is 5.73 Å². The van der Waals surface area contributed by atoms with Crippen molar-refractivity contribution in [2.24, 2.45) is 17.6 Å². The van der Waals surface area contributed by atoms with Crippen molar-refractivity contribution in [3.05, 3.63) is 0 Å². The molecule has 5 heteroatoms. The Morgan fingerprint density at radius 2 is 1.78 bits per heavy atom. The zero-order chi connectivity index (χ0) is 14.0. The van der Waals surface area contributed by atoms with Crippen molar-refractivity contribution in [1.29, 1.82) is 0 Å². The molecule has 0 bridgehead atoms. The fourth-order valence-electron chi connectivity index (χ4n) is 2.97. The van der Waals surface area contributed by atoms with Gasteiger partial charge in [0.05, 0.1) is 5.92 Å². The fraction of sp³-hybridized carbons (Fsp3) is 1.00. The summed E-state index contributed by atoms with van der Waals surface area (Å²) in [6.07, 6.45) is -2.52. The van der Waals surface area contributed by atoms with Crippen LogP contribution in [0.1, 0.15) is 39.5 Å². The summed E-state index contributed by atoms with van der Waals surface area (Å²) in [5.74, 6) is -0.636. The molecule has 0 heterocycles. The molecule has 0 aliphatic heterocycles. The normalized spacial score (nSPS) is 30.2. The van der Waals surface area contributed by atoms with Crippen molar-refractivity contribution in [3.63, 3.8) is 0 Å². The van der Waals surface area contributed by atoms with Gasteiger partial charge in [0.25, 0.3) is 0 Å². The molecule has 1 aliphatic carbocycles. The SMILES string of the molecule is CC(C)CN(C)C1(CN)CCC(C(F)(F)F)CC1. The zero-order valence-electron chi connectivity index (χ0n) is 11.6. The van der Waals surface area contributed by atoms with Crippen molar-refractivity contribution in [3.8, 4) is 0 Å². The number of halogens is 3. The van der Waals surface area contributed by atoms with E-state index in [1.165, 1.54) is 0 Å². The van der Waals surface area contributed by atoms with Crippen molar-refractivity contribution >= 4 is 0 Å². The number of rotatable bonds is 4. The van der Waals surface area contributed by atoms with Gasteiger partial charge in [-0.3, -0.25) is 4.90 Å². The Balaban J connectivity index is 2.65. The molecule has 108 valence electrons. The minimum absolute atomic E-state index is 0.211. The molecular formula is C13H25F3N2. The molecule has 1 aliphatic rings. The van der Waals surface area contributed by atoms with Crippen LogP contribution < -0.4 is 5.73 Å². The molecule has 0 unspecified atom stereocenters. The topological polar surface area (TPSA) is 29.3 Å². The van der Waals surface area contributed by atoms with Crippen molar-refractivity contribution in [2.45, 2.75) is 51.2 Å². The van der Waals surface area contributed by atoms with Gasteiger partial charge in [0.15, 0.2) is 0 Å². The van der Waals surface area contributed by atoms with Gasteiger partial charge in [-0.1, -0.05) is 13.8 Å². The first kappa shape index (κ1) is 15.8. The quantitative estimate of drug-likeness (QED) is 0.847. The Hall–Kier alpha value is -0.290. The van der Waals surface area contributed by atoms with Crippen LogP contribution in [0.25, 0.3) is 0 Å². The van der Waals surface area contributed by atoms with Gasteiger partial charge in [-0.05, 0) is 38.6 Å². The average Bonchev–Trinajstić information content (AvgIpc) is 2.27. The van der Waals surface area contributed by atoms with Crippen LogP contribution in [0, 0.1) is 11.8 Å². The van der Waals surface area contributed by atoms with E-state index in [1.54, 1.807) is 0 Å². The summed E-state index contributed by atoms with van der Waals surface area (Å²) < 4.78 is 38.0. The van der Waals surface area contributed by atoms with E-state index in [1.807, 2.05) is 7.05 Å². The maximum atomic E-state index is 12.7. The molecule has 0 aromatic carbocycles. The summed E-state index contributed by atoms with van der Waals surface area (Å²) in [7, 11) is 1.99. The highest BCUT2D eigenvalue weighted by Gasteiger charge is 2.46. The Morgan fingerprint density at radius 3 is 2.11 bits per heavy atom. The van der Waals surface area contributed by atoms with E-state index in [4.69, 9.17) is 5.73 Å². The highest BCUT2D eigenvalue weighted by molar-refractivity contribution is 4.96. The minimum Gasteiger partial charge on any atom is -0.329 e. The first-order valence-electron chi connectivity index (χ1n) is 6.69. The zero-order valence-corrected chi connectivity index (χ0v) is 11.6. The first-order chi connectivity index (χ1) is 8.21. The van der Waals surface area contributed by atoms with Gasteiger partial charge in [0, 0.05) is 18.6 Å². The molecule has 18 heavy (non-hydrogen) atoms. The largest absolute Gasteiger partial charge is 0.391 e. The molecule has 2 N–H and O–H groups in total. The lowest BCUT2D eigenvalue weighted by Gasteiger charge is -2.46. The highest BCUT2D eigenvalue weighted by Crippen LogP contribution is 2.42. The van der Waals surface area contributed by atoms with Gasteiger partial charge in [-0.15, -0.1) is 0 Å². The van der Waals surface area contributed by atoms with Crippen LogP contribution in [0.15, 0.2) is 0 Å². The third-order valence-corrected chi connectivity index (χ3v) is 4.21. The predicted octanol–water partition coefficient (Wildman–Crippen LogP) is 3.02. The number of nitrogens with zero attached hydrogens (tertiary/aromatic N) is 1. The summed E-state index contributed by atoms with van der Waals surface area (Å²) >= 11 is 0. The Morgan fingerprint density at radius 1 is 1.28 bits per heavy atom. The molecule has 1 rings (SSSR count). The van der Waals surface area contributed by atoms with Gasteiger partial charge in [0.1, 0.15) is 0 Å². The molecule has 0 atom stereocenters. The molecule has 0 spiro atoms. The lowest BCUT2D eigenvalue weighted by molar-refractivity contribution is -0.188. The predicted molar refractivity (Wildman–Crippen MR) is 67.3 cm³/mol.